The molecule has 0 radical (unpaired) electrons. The normalized spacial score (nSPS) is 15.2. The van der Waals surface area contributed by atoms with Crippen molar-refractivity contribution in [1.29, 1.82) is 0 Å². The zero-order valence-electron chi connectivity index (χ0n) is 12.8. The van der Waals surface area contributed by atoms with Crippen LogP contribution in [0.15, 0.2) is 0 Å². The van der Waals surface area contributed by atoms with Crippen molar-refractivity contribution in [2.75, 3.05) is 26.8 Å². The third kappa shape index (κ3) is 7.67. The number of methoxy groups -OCH3 is 1. The first kappa shape index (κ1) is 17.4. The maximum atomic E-state index is 11.8. The molecule has 0 saturated carbocycles. The van der Waals surface area contributed by atoms with Crippen molar-refractivity contribution in [2.45, 2.75) is 47.1 Å². The molecule has 0 aromatic heterocycles. The Hall–Kier alpha value is -0.610. The highest BCUT2D eigenvalue weighted by molar-refractivity contribution is 5.81. The first-order chi connectivity index (χ1) is 8.29. The van der Waals surface area contributed by atoms with Gasteiger partial charge in [-0.3, -0.25) is 4.79 Å². The fourth-order valence-electron chi connectivity index (χ4n) is 1.33. The van der Waals surface area contributed by atoms with E-state index in [4.69, 9.17) is 4.74 Å². The number of nitrogens with one attached hydrogen (secondary N) is 2. The maximum absolute atomic E-state index is 11.8. The van der Waals surface area contributed by atoms with Crippen molar-refractivity contribution in [1.82, 2.24) is 10.6 Å². The molecule has 0 saturated heterocycles. The van der Waals surface area contributed by atoms with E-state index < -0.39 is 0 Å². The van der Waals surface area contributed by atoms with Gasteiger partial charge < -0.3 is 15.4 Å². The SMILES string of the molecule is COCCCNC(=O)C(C)NCC(C)C(C)(C)C. The Morgan fingerprint density at radius 3 is 2.39 bits per heavy atom. The Kier molecular flexibility index (Phi) is 8.20. The molecule has 0 bridgehead atoms. The zero-order valence-corrected chi connectivity index (χ0v) is 12.8. The summed E-state index contributed by atoms with van der Waals surface area (Å²) in [5, 5.41) is 6.18. The van der Waals surface area contributed by atoms with Crippen molar-refractivity contribution in [2.24, 2.45) is 11.3 Å². The standard InChI is InChI=1S/C14H30N2O2/c1-11(14(3,4)5)10-16-12(2)13(17)15-8-7-9-18-6/h11-12,16H,7-10H2,1-6H3,(H,15,17). The number of amides is 1. The molecule has 18 heavy (non-hydrogen) atoms. The van der Waals surface area contributed by atoms with Crippen LogP contribution in [0.1, 0.15) is 41.0 Å². The summed E-state index contributed by atoms with van der Waals surface area (Å²) in [6.07, 6.45) is 0.855. The number of hydrogen-bond donors (Lipinski definition) is 2. The van der Waals surface area contributed by atoms with Crippen LogP contribution in [0.3, 0.4) is 0 Å². The van der Waals surface area contributed by atoms with Crippen LogP contribution in [0.25, 0.3) is 0 Å². The van der Waals surface area contributed by atoms with E-state index in [0.717, 1.165) is 13.0 Å². The summed E-state index contributed by atoms with van der Waals surface area (Å²) in [6.45, 7) is 13.0. The fraction of sp³-hybridized carbons (Fsp3) is 0.929. The first-order valence-electron chi connectivity index (χ1n) is 6.79. The molecular formula is C14H30N2O2. The van der Waals surface area contributed by atoms with Gasteiger partial charge in [-0.15, -0.1) is 0 Å². The average Bonchev–Trinajstić information content (AvgIpc) is 2.29. The number of carbonyl (C=O) groups excluding carboxylic acids is 1. The van der Waals surface area contributed by atoms with Gasteiger partial charge in [-0.25, -0.2) is 0 Å². The maximum Gasteiger partial charge on any atom is 0.236 e. The summed E-state index contributed by atoms with van der Waals surface area (Å²) < 4.78 is 4.93. The lowest BCUT2D eigenvalue weighted by Gasteiger charge is -2.28. The number of carbonyl (C=O) groups is 1. The molecule has 0 heterocycles. The number of rotatable bonds is 8. The molecule has 0 rings (SSSR count). The van der Waals surface area contributed by atoms with Gasteiger partial charge in [0.05, 0.1) is 6.04 Å². The van der Waals surface area contributed by atoms with Crippen LogP contribution in [-0.4, -0.2) is 38.8 Å². The molecule has 4 heteroatoms. The quantitative estimate of drug-likeness (QED) is 0.653. The minimum absolute atomic E-state index is 0.0622. The van der Waals surface area contributed by atoms with Crippen molar-refractivity contribution in [3.63, 3.8) is 0 Å². The van der Waals surface area contributed by atoms with Crippen LogP contribution in [0.5, 0.6) is 0 Å². The molecule has 0 aromatic rings. The first-order valence-corrected chi connectivity index (χ1v) is 6.79. The van der Waals surface area contributed by atoms with Crippen LogP contribution in [0.2, 0.25) is 0 Å². The molecule has 0 aliphatic heterocycles. The van der Waals surface area contributed by atoms with Crippen LogP contribution >= 0.6 is 0 Å². The van der Waals surface area contributed by atoms with Crippen molar-refractivity contribution in [3.05, 3.63) is 0 Å². The summed E-state index contributed by atoms with van der Waals surface area (Å²) in [4.78, 5) is 11.8. The molecule has 0 aliphatic carbocycles. The predicted molar refractivity (Wildman–Crippen MR) is 75.6 cm³/mol. The third-order valence-corrected chi connectivity index (χ3v) is 3.43. The molecule has 2 atom stereocenters. The molecule has 4 nitrogen and oxygen atoms in total. The van der Waals surface area contributed by atoms with E-state index >= 15 is 0 Å². The third-order valence-electron chi connectivity index (χ3n) is 3.43. The summed E-state index contributed by atoms with van der Waals surface area (Å²) in [6, 6.07) is -0.141. The molecule has 0 aromatic carbocycles. The topological polar surface area (TPSA) is 50.4 Å². The van der Waals surface area contributed by atoms with Crippen LogP contribution < -0.4 is 10.6 Å². The second-order valence-electron chi connectivity index (χ2n) is 6.03. The van der Waals surface area contributed by atoms with Gasteiger partial charge in [-0.1, -0.05) is 27.7 Å². The lowest BCUT2D eigenvalue weighted by molar-refractivity contribution is -0.122. The van der Waals surface area contributed by atoms with Gasteiger partial charge in [0.25, 0.3) is 0 Å². The highest BCUT2D eigenvalue weighted by atomic mass is 16.5. The Morgan fingerprint density at radius 2 is 1.89 bits per heavy atom. The minimum atomic E-state index is -0.141. The van der Waals surface area contributed by atoms with Gasteiger partial charge >= 0.3 is 0 Å². The average molecular weight is 258 g/mol. The van der Waals surface area contributed by atoms with Crippen LogP contribution in [0.4, 0.5) is 0 Å². The van der Waals surface area contributed by atoms with Gasteiger partial charge in [-0.2, -0.15) is 0 Å². The Labute approximate surface area is 112 Å². The van der Waals surface area contributed by atoms with Gasteiger partial charge in [0.1, 0.15) is 0 Å². The molecule has 0 spiro atoms. The Bertz CT molecular complexity index is 236. The fourth-order valence-corrected chi connectivity index (χ4v) is 1.33. The number of hydrogen-bond acceptors (Lipinski definition) is 3. The van der Waals surface area contributed by atoms with E-state index in [2.05, 4.69) is 38.3 Å². The van der Waals surface area contributed by atoms with E-state index in [9.17, 15) is 4.79 Å². The van der Waals surface area contributed by atoms with Crippen molar-refractivity contribution in [3.8, 4) is 0 Å². The van der Waals surface area contributed by atoms with Crippen LogP contribution in [0, 0.1) is 11.3 Å². The van der Waals surface area contributed by atoms with E-state index in [-0.39, 0.29) is 17.4 Å². The molecule has 2 unspecified atom stereocenters. The summed E-state index contributed by atoms with van der Waals surface area (Å²) >= 11 is 0. The summed E-state index contributed by atoms with van der Waals surface area (Å²) in [5.74, 6) is 0.591. The molecule has 0 fully saturated rings. The molecule has 1 amide bonds. The predicted octanol–water partition coefficient (Wildman–Crippen LogP) is 1.80. The highest BCUT2D eigenvalue weighted by Crippen LogP contribution is 2.24. The summed E-state index contributed by atoms with van der Waals surface area (Å²) in [7, 11) is 1.67. The van der Waals surface area contributed by atoms with E-state index in [0.29, 0.717) is 19.1 Å². The Morgan fingerprint density at radius 1 is 1.28 bits per heavy atom. The molecule has 2 N–H and O–H groups in total. The lowest BCUT2D eigenvalue weighted by atomic mass is 9.82. The smallest absolute Gasteiger partial charge is 0.236 e. The molecule has 0 aliphatic rings. The van der Waals surface area contributed by atoms with Crippen molar-refractivity contribution >= 4 is 5.91 Å². The van der Waals surface area contributed by atoms with E-state index in [1.54, 1.807) is 7.11 Å². The number of ether oxygens (including phenoxy) is 1. The summed E-state index contributed by atoms with van der Waals surface area (Å²) in [5.41, 5.74) is 0.266. The lowest BCUT2D eigenvalue weighted by Crippen LogP contribution is -2.45. The second-order valence-corrected chi connectivity index (χ2v) is 6.03. The Balaban J connectivity index is 3.81. The van der Waals surface area contributed by atoms with Gasteiger partial charge in [0.2, 0.25) is 5.91 Å². The molecular weight excluding hydrogens is 228 g/mol. The zero-order chi connectivity index (χ0) is 14.2. The second kappa shape index (κ2) is 8.48. The van der Waals surface area contributed by atoms with Crippen molar-refractivity contribution < 1.29 is 9.53 Å². The monoisotopic (exact) mass is 258 g/mol. The highest BCUT2D eigenvalue weighted by Gasteiger charge is 2.21. The van der Waals surface area contributed by atoms with E-state index in [1.165, 1.54) is 0 Å². The van der Waals surface area contributed by atoms with Gasteiger partial charge in [-0.05, 0) is 31.2 Å². The van der Waals surface area contributed by atoms with Gasteiger partial charge in [0.15, 0.2) is 0 Å². The molecule has 108 valence electrons. The van der Waals surface area contributed by atoms with Gasteiger partial charge in [0, 0.05) is 20.3 Å². The van der Waals surface area contributed by atoms with E-state index in [1.807, 2.05) is 6.92 Å². The van der Waals surface area contributed by atoms with Crippen LogP contribution in [-0.2, 0) is 9.53 Å². The largest absolute Gasteiger partial charge is 0.385 e. The minimum Gasteiger partial charge on any atom is -0.385 e.